The fourth-order valence-corrected chi connectivity index (χ4v) is 6.41. The van der Waals surface area contributed by atoms with Crippen LogP contribution in [-0.2, 0) is 22.6 Å². The van der Waals surface area contributed by atoms with Crippen molar-refractivity contribution < 1.29 is 32.6 Å². The second kappa shape index (κ2) is 11.7. The molecule has 1 aromatic rings. The Morgan fingerprint density at radius 2 is 1.90 bits per heavy atom. The van der Waals surface area contributed by atoms with Crippen LogP contribution in [0.25, 0.3) is 0 Å². The standard InChI is InChI=1S/C30H37F3N2O4/c1-38-28-14-25-21(13-22(28)15-35-16-23(17-35)29(36)37)8-5-9-27(25)34-39-18-19-10-11-24(20-6-3-2-4-7-20)26(12-19)30(31,32)33/h11-14,19-20,23H,2-10,15-18H2,1H3,(H,36,37)/b34-27+. The molecule has 1 N–H and O–H groups in total. The van der Waals surface area contributed by atoms with E-state index in [0.29, 0.717) is 37.4 Å². The van der Waals surface area contributed by atoms with Crippen molar-refractivity contribution >= 4 is 11.7 Å². The number of carboxylic acid groups (broad SMARTS) is 1. The van der Waals surface area contributed by atoms with E-state index in [1.807, 2.05) is 6.07 Å². The van der Waals surface area contributed by atoms with Gasteiger partial charge in [0.1, 0.15) is 12.4 Å². The minimum absolute atomic E-state index is 0.00652. The Morgan fingerprint density at radius 1 is 1.13 bits per heavy atom. The van der Waals surface area contributed by atoms with Gasteiger partial charge in [-0.25, -0.2) is 0 Å². The van der Waals surface area contributed by atoms with Crippen LogP contribution in [0.2, 0.25) is 0 Å². The molecule has 6 nitrogen and oxygen atoms in total. The van der Waals surface area contributed by atoms with Crippen molar-refractivity contribution in [2.24, 2.45) is 22.9 Å². The summed E-state index contributed by atoms with van der Waals surface area (Å²) in [5.74, 6) is -0.724. The molecule has 1 heterocycles. The Hall–Kier alpha value is -2.81. The summed E-state index contributed by atoms with van der Waals surface area (Å²) < 4.78 is 47.5. The van der Waals surface area contributed by atoms with Gasteiger partial charge in [0.25, 0.3) is 0 Å². The number of halogens is 3. The predicted molar refractivity (Wildman–Crippen MR) is 142 cm³/mol. The van der Waals surface area contributed by atoms with Crippen molar-refractivity contribution in [3.63, 3.8) is 0 Å². The van der Waals surface area contributed by atoms with Gasteiger partial charge < -0.3 is 14.7 Å². The van der Waals surface area contributed by atoms with Crippen molar-refractivity contribution in [3.8, 4) is 5.75 Å². The first-order chi connectivity index (χ1) is 18.7. The van der Waals surface area contributed by atoms with Crippen LogP contribution in [-0.4, -0.2) is 54.7 Å². The van der Waals surface area contributed by atoms with Crippen LogP contribution in [0.3, 0.4) is 0 Å². The number of carboxylic acids is 1. The summed E-state index contributed by atoms with van der Waals surface area (Å²) in [6.45, 7) is 1.77. The highest BCUT2D eigenvalue weighted by molar-refractivity contribution is 6.02. The number of methoxy groups -OCH3 is 1. The molecule has 4 aliphatic rings. The zero-order valence-corrected chi connectivity index (χ0v) is 22.4. The summed E-state index contributed by atoms with van der Waals surface area (Å²) in [7, 11) is 1.61. The van der Waals surface area contributed by atoms with Crippen LogP contribution in [0.4, 0.5) is 13.2 Å². The molecule has 1 atom stereocenters. The Labute approximate surface area is 227 Å². The summed E-state index contributed by atoms with van der Waals surface area (Å²) in [5.41, 5.74) is 3.86. The molecule has 1 saturated carbocycles. The zero-order chi connectivity index (χ0) is 27.6. The quantitative estimate of drug-likeness (QED) is 0.389. The lowest BCUT2D eigenvalue weighted by atomic mass is 9.77. The van der Waals surface area contributed by atoms with E-state index in [-0.39, 0.29) is 24.4 Å². The number of fused-ring (bicyclic) bond motifs is 1. The van der Waals surface area contributed by atoms with Gasteiger partial charge in [-0.15, -0.1) is 0 Å². The summed E-state index contributed by atoms with van der Waals surface area (Å²) in [4.78, 5) is 18.9. The molecule has 0 amide bonds. The van der Waals surface area contributed by atoms with E-state index in [4.69, 9.17) is 14.7 Å². The molecule has 5 rings (SSSR count). The maximum Gasteiger partial charge on any atom is 0.416 e. The molecule has 212 valence electrons. The Kier molecular flexibility index (Phi) is 8.35. The van der Waals surface area contributed by atoms with Crippen LogP contribution >= 0.6 is 0 Å². The van der Waals surface area contributed by atoms with Gasteiger partial charge in [0, 0.05) is 36.7 Å². The molecular weight excluding hydrogens is 509 g/mol. The van der Waals surface area contributed by atoms with Crippen LogP contribution in [0.5, 0.6) is 5.75 Å². The van der Waals surface area contributed by atoms with Crippen molar-refractivity contribution in [1.82, 2.24) is 4.90 Å². The lowest BCUT2D eigenvalue weighted by Gasteiger charge is -2.37. The van der Waals surface area contributed by atoms with Crippen molar-refractivity contribution in [2.45, 2.75) is 70.5 Å². The molecule has 0 radical (unpaired) electrons. The number of nitrogens with zero attached hydrogens (tertiary/aromatic N) is 2. The van der Waals surface area contributed by atoms with Gasteiger partial charge in [-0.05, 0) is 61.6 Å². The Balaban J connectivity index is 1.25. The first-order valence-corrected chi connectivity index (χ1v) is 14.1. The minimum atomic E-state index is -4.37. The van der Waals surface area contributed by atoms with Gasteiger partial charge in [0.2, 0.25) is 0 Å². The lowest BCUT2D eigenvalue weighted by Crippen LogP contribution is -2.49. The van der Waals surface area contributed by atoms with Gasteiger partial charge in [-0.3, -0.25) is 9.69 Å². The Bertz CT molecular complexity index is 1160. The highest BCUT2D eigenvalue weighted by Gasteiger charge is 2.40. The molecule has 1 aromatic carbocycles. The van der Waals surface area contributed by atoms with Gasteiger partial charge in [0.15, 0.2) is 0 Å². The molecule has 1 saturated heterocycles. The first-order valence-electron chi connectivity index (χ1n) is 14.1. The van der Waals surface area contributed by atoms with E-state index in [1.54, 1.807) is 13.2 Å². The number of benzene rings is 1. The molecule has 0 bridgehead atoms. The third kappa shape index (κ3) is 6.34. The third-order valence-electron chi connectivity index (χ3n) is 8.54. The van der Waals surface area contributed by atoms with E-state index < -0.39 is 17.7 Å². The highest BCUT2D eigenvalue weighted by atomic mass is 19.4. The molecule has 3 aliphatic carbocycles. The summed E-state index contributed by atoms with van der Waals surface area (Å²) >= 11 is 0. The summed E-state index contributed by atoms with van der Waals surface area (Å²) in [6, 6.07) is 4.07. The van der Waals surface area contributed by atoms with E-state index in [2.05, 4.69) is 16.1 Å². The molecule has 0 aromatic heterocycles. The molecular formula is C30H37F3N2O4. The van der Waals surface area contributed by atoms with E-state index in [0.717, 1.165) is 73.8 Å². The number of ether oxygens (including phenoxy) is 1. The molecule has 1 unspecified atom stereocenters. The van der Waals surface area contributed by atoms with Gasteiger partial charge in [-0.2, -0.15) is 13.2 Å². The molecule has 1 aliphatic heterocycles. The zero-order valence-electron chi connectivity index (χ0n) is 22.4. The van der Waals surface area contributed by atoms with Crippen molar-refractivity contribution in [3.05, 3.63) is 52.1 Å². The number of oxime groups is 1. The number of carbonyl (C=O) groups is 1. The largest absolute Gasteiger partial charge is 0.496 e. The van der Waals surface area contributed by atoms with Gasteiger partial charge >= 0.3 is 12.1 Å². The number of rotatable bonds is 8. The van der Waals surface area contributed by atoms with Crippen LogP contribution in [0.1, 0.15) is 68.1 Å². The number of allylic oxidation sites excluding steroid dienone is 3. The van der Waals surface area contributed by atoms with Crippen LogP contribution in [0, 0.1) is 17.8 Å². The lowest BCUT2D eigenvalue weighted by molar-refractivity contribution is -0.147. The predicted octanol–water partition coefficient (Wildman–Crippen LogP) is 6.28. The number of hydrogen-bond acceptors (Lipinski definition) is 5. The highest BCUT2D eigenvalue weighted by Crippen LogP contribution is 2.43. The number of aliphatic carboxylic acids is 1. The first kappa shape index (κ1) is 27.7. The summed E-state index contributed by atoms with van der Waals surface area (Å²) in [5, 5.41) is 13.5. The summed E-state index contributed by atoms with van der Waals surface area (Å²) in [6.07, 6.45) is 6.59. The van der Waals surface area contributed by atoms with Crippen LogP contribution in [0.15, 0.2) is 40.6 Å². The fourth-order valence-electron chi connectivity index (χ4n) is 6.41. The average molecular weight is 547 g/mol. The van der Waals surface area contributed by atoms with Crippen molar-refractivity contribution in [1.29, 1.82) is 0 Å². The average Bonchev–Trinajstić information content (AvgIpc) is 2.89. The second-order valence-corrected chi connectivity index (χ2v) is 11.3. The molecule has 9 heteroatoms. The monoisotopic (exact) mass is 546 g/mol. The number of aryl methyl sites for hydroxylation is 1. The van der Waals surface area contributed by atoms with Gasteiger partial charge in [0.05, 0.1) is 24.3 Å². The smallest absolute Gasteiger partial charge is 0.416 e. The van der Waals surface area contributed by atoms with E-state index >= 15 is 0 Å². The number of hydrogen-bond donors (Lipinski definition) is 1. The second-order valence-electron chi connectivity index (χ2n) is 11.3. The van der Waals surface area contributed by atoms with Gasteiger partial charge in [-0.1, -0.05) is 42.6 Å². The number of alkyl halides is 3. The maximum absolute atomic E-state index is 13.9. The van der Waals surface area contributed by atoms with E-state index in [1.165, 1.54) is 6.08 Å². The topological polar surface area (TPSA) is 71.4 Å². The molecule has 39 heavy (non-hydrogen) atoms. The SMILES string of the molecule is COc1cc2c(cc1CN1CC(C(=O)O)C1)CCC/C2=N\OCC1C=C(C(F)(F)F)C(C2CCCCC2)=CC1. The third-order valence-corrected chi connectivity index (χ3v) is 8.54. The number of likely N-dealkylation sites (tertiary alicyclic amines) is 1. The fraction of sp³-hybridized carbons (Fsp3) is 0.600. The van der Waals surface area contributed by atoms with Crippen molar-refractivity contribution in [2.75, 3.05) is 26.8 Å². The van der Waals surface area contributed by atoms with E-state index in [9.17, 15) is 18.0 Å². The molecule has 0 spiro atoms. The van der Waals surface area contributed by atoms with Crippen LogP contribution < -0.4 is 4.74 Å². The molecule has 2 fully saturated rings. The Morgan fingerprint density at radius 3 is 2.59 bits per heavy atom. The normalized spacial score (nSPS) is 24.0. The maximum atomic E-state index is 13.9. The minimum Gasteiger partial charge on any atom is -0.496 e.